The maximum Gasteiger partial charge on any atom is 0.236 e. The van der Waals surface area contributed by atoms with Gasteiger partial charge in [0.15, 0.2) is 0 Å². The maximum atomic E-state index is 12.2. The van der Waals surface area contributed by atoms with Crippen molar-refractivity contribution >= 4 is 11.6 Å². The van der Waals surface area contributed by atoms with Crippen LogP contribution in [0.3, 0.4) is 0 Å². The van der Waals surface area contributed by atoms with Gasteiger partial charge in [-0.25, -0.2) is 0 Å². The molecule has 0 aliphatic carbocycles. The molecule has 0 fully saturated rings. The number of nitrogens with one attached hydrogen (secondary N) is 1. The number of nitrogens with zero attached hydrogens (tertiary/aromatic N) is 2. The van der Waals surface area contributed by atoms with E-state index in [2.05, 4.69) is 34.5 Å². The van der Waals surface area contributed by atoms with Crippen molar-refractivity contribution < 1.29 is 9.21 Å². The van der Waals surface area contributed by atoms with Crippen molar-refractivity contribution in [2.24, 2.45) is 0 Å². The van der Waals surface area contributed by atoms with E-state index in [9.17, 15) is 4.79 Å². The van der Waals surface area contributed by atoms with Gasteiger partial charge in [0.2, 0.25) is 5.91 Å². The third kappa shape index (κ3) is 4.86. The molecule has 1 atom stereocenters. The Kier molecular flexibility index (Phi) is 5.82. The number of carbonyl (C=O) groups excluding carboxylic acids is 1. The van der Waals surface area contributed by atoms with Gasteiger partial charge in [-0.15, -0.1) is 0 Å². The molecule has 0 spiro atoms. The van der Waals surface area contributed by atoms with Crippen LogP contribution in [-0.2, 0) is 11.3 Å². The quantitative estimate of drug-likeness (QED) is 0.853. The molecular formula is C18H25N3O2. The van der Waals surface area contributed by atoms with Crippen molar-refractivity contribution in [1.29, 1.82) is 0 Å². The highest BCUT2D eigenvalue weighted by atomic mass is 16.3. The summed E-state index contributed by atoms with van der Waals surface area (Å²) in [5, 5.41) is 3.18. The number of carbonyl (C=O) groups is 1. The van der Waals surface area contributed by atoms with Crippen molar-refractivity contribution in [3.8, 4) is 0 Å². The van der Waals surface area contributed by atoms with Gasteiger partial charge in [0.05, 0.1) is 18.8 Å². The fourth-order valence-corrected chi connectivity index (χ4v) is 2.28. The lowest BCUT2D eigenvalue weighted by atomic mass is 10.2. The van der Waals surface area contributed by atoms with E-state index in [4.69, 9.17) is 4.42 Å². The van der Waals surface area contributed by atoms with Crippen LogP contribution in [0.5, 0.6) is 0 Å². The average molecular weight is 315 g/mol. The monoisotopic (exact) mass is 315 g/mol. The van der Waals surface area contributed by atoms with Gasteiger partial charge in [-0.3, -0.25) is 10.1 Å². The van der Waals surface area contributed by atoms with Gasteiger partial charge in [0.1, 0.15) is 5.76 Å². The fourth-order valence-electron chi connectivity index (χ4n) is 2.28. The van der Waals surface area contributed by atoms with Crippen LogP contribution in [0.4, 0.5) is 5.69 Å². The van der Waals surface area contributed by atoms with E-state index in [1.54, 1.807) is 11.2 Å². The molecule has 0 unspecified atom stereocenters. The second-order valence-electron chi connectivity index (χ2n) is 5.93. The van der Waals surface area contributed by atoms with Crippen LogP contribution in [0, 0.1) is 0 Å². The number of benzene rings is 1. The van der Waals surface area contributed by atoms with E-state index in [-0.39, 0.29) is 18.5 Å². The van der Waals surface area contributed by atoms with E-state index in [1.807, 2.05) is 40.2 Å². The van der Waals surface area contributed by atoms with Crippen LogP contribution < -0.4 is 10.2 Å². The number of furan rings is 1. The number of anilines is 1. The zero-order valence-electron chi connectivity index (χ0n) is 14.2. The molecule has 0 radical (unpaired) electrons. The second-order valence-corrected chi connectivity index (χ2v) is 5.93. The Morgan fingerprint density at radius 3 is 2.43 bits per heavy atom. The van der Waals surface area contributed by atoms with Gasteiger partial charge in [0.25, 0.3) is 0 Å². The summed E-state index contributed by atoms with van der Waals surface area (Å²) >= 11 is 0. The molecule has 2 rings (SSSR count). The first-order chi connectivity index (χ1) is 11.0. The predicted molar refractivity (Wildman–Crippen MR) is 92.4 cm³/mol. The van der Waals surface area contributed by atoms with Crippen LogP contribution in [0.15, 0.2) is 47.1 Å². The first kappa shape index (κ1) is 17.1. The van der Waals surface area contributed by atoms with Gasteiger partial charge in [0, 0.05) is 33.4 Å². The van der Waals surface area contributed by atoms with Crippen LogP contribution in [0.25, 0.3) is 0 Å². The Bertz CT molecular complexity index is 606. The summed E-state index contributed by atoms with van der Waals surface area (Å²) in [5.74, 6) is 0.889. The molecule has 0 aliphatic rings. The molecule has 0 bridgehead atoms. The first-order valence-electron chi connectivity index (χ1n) is 7.74. The topological polar surface area (TPSA) is 48.7 Å². The molecule has 1 amide bonds. The molecule has 23 heavy (non-hydrogen) atoms. The number of rotatable bonds is 7. The lowest BCUT2D eigenvalue weighted by Crippen LogP contribution is -2.36. The molecule has 1 aromatic carbocycles. The summed E-state index contributed by atoms with van der Waals surface area (Å²) in [5.41, 5.74) is 2.27. The highest BCUT2D eigenvalue weighted by Gasteiger charge is 2.13. The van der Waals surface area contributed by atoms with Crippen LogP contribution >= 0.6 is 0 Å². The Morgan fingerprint density at radius 2 is 1.87 bits per heavy atom. The third-order valence-corrected chi connectivity index (χ3v) is 3.83. The van der Waals surface area contributed by atoms with Crippen molar-refractivity contribution in [3.05, 3.63) is 54.0 Å². The highest BCUT2D eigenvalue weighted by Crippen LogP contribution is 2.14. The molecule has 1 N–H and O–H groups in total. The molecule has 1 heterocycles. The van der Waals surface area contributed by atoms with Gasteiger partial charge >= 0.3 is 0 Å². The average Bonchev–Trinajstić information content (AvgIpc) is 3.07. The van der Waals surface area contributed by atoms with Crippen LogP contribution in [0.1, 0.15) is 24.3 Å². The molecule has 124 valence electrons. The third-order valence-electron chi connectivity index (χ3n) is 3.83. The van der Waals surface area contributed by atoms with E-state index in [0.29, 0.717) is 6.54 Å². The van der Waals surface area contributed by atoms with Crippen LogP contribution in [-0.4, -0.2) is 38.5 Å². The fraction of sp³-hybridized carbons (Fsp3) is 0.389. The number of amides is 1. The SMILES string of the molecule is C[C@H](NCC(=O)N(C)Cc1ccc(N(C)C)cc1)c1ccco1. The largest absolute Gasteiger partial charge is 0.468 e. The molecule has 5 heteroatoms. The summed E-state index contributed by atoms with van der Waals surface area (Å²) in [6.07, 6.45) is 1.64. The Morgan fingerprint density at radius 1 is 1.17 bits per heavy atom. The Labute approximate surface area is 137 Å². The normalized spacial score (nSPS) is 12.0. The molecule has 0 saturated carbocycles. The van der Waals surface area contributed by atoms with Gasteiger partial charge in [-0.05, 0) is 36.8 Å². The summed E-state index contributed by atoms with van der Waals surface area (Å²) < 4.78 is 5.32. The minimum absolute atomic E-state index is 0.0155. The van der Waals surface area contributed by atoms with E-state index < -0.39 is 0 Å². The Hall–Kier alpha value is -2.27. The minimum Gasteiger partial charge on any atom is -0.468 e. The molecule has 1 aromatic heterocycles. The highest BCUT2D eigenvalue weighted by molar-refractivity contribution is 5.78. The summed E-state index contributed by atoms with van der Waals surface area (Å²) in [4.78, 5) is 16.0. The van der Waals surface area contributed by atoms with Crippen LogP contribution in [0.2, 0.25) is 0 Å². The second kappa shape index (κ2) is 7.83. The summed E-state index contributed by atoms with van der Waals surface area (Å²) in [7, 11) is 5.84. The molecule has 5 nitrogen and oxygen atoms in total. The molecule has 0 saturated heterocycles. The standard InChI is InChI=1S/C18H25N3O2/c1-14(17-6-5-11-23-17)19-12-18(22)21(4)13-15-7-9-16(10-8-15)20(2)3/h5-11,14,19H,12-13H2,1-4H3/t14-/m0/s1. The zero-order chi connectivity index (χ0) is 16.8. The van der Waals surface area contributed by atoms with E-state index in [0.717, 1.165) is 17.0 Å². The molecule has 0 aliphatic heterocycles. The van der Waals surface area contributed by atoms with Gasteiger partial charge < -0.3 is 14.2 Å². The molecule has 2 aromatic rings. The van der Waals surface area contributed by atoms with E-state index >= 15 is 0 Å². The minimum atomic E-state index is 0.0155. The smallest absolute Gasteiger partial charge is 0.236 e. The maximum absolute atomic E-state index is 12.2. The van der Waals surface area contributed by atoms with Crippen molar-refractivity contribution in [2.45, 2.75) is 19.5 Å². The van der Waals surface area contributed by atoms with Crippen molar-refractivity contribution in [3.63, 3.8) is 0 Å². The lowest BCUT2D eigenvalue weighted by Gasteiger charge is -2.20. The zero-order valence-corrected chi connectivity index (χ0v) is 14.2. The predicted octanol–water partition coefficient (Wildman–Crippen LogP) is 2.65. The van der Waals surface area contributed by atoms with Gasteiger partial charge in [-0.1, -0.05) is 12.1 Å². The first-order valence-corrected chi connectivity index (χ1v) is 7.74. The van der Waals surface area contributed by atoms with Crippen molar-refractivity contribution in [1.82, 2.24) is 10.2 Å². The number of hydrogen-bond donors (Lipinski definition) is 1. The number of hydrogen-bond acceptors (Lipinski definition) is 4. The lowest BCUT2D eigenvalue weighted by molar-refractivity contribution is -0.129. The van der Waals surface area contributed by atoms with Gasteiger partial charge in [-0.2, -0.15) is 0 Å². The Balaban J connectivity index is 1.82. The molecular weight excluding hydrogens is 290 g/mol. The number of likely N-dealkylation sites (N-methyl/N-ethyl adjacent to an activating group) is 1. The summed E-state index contributed by atoms with van der Waals surface area (Å²) in [6.45, 7) is 2.86. The summed E-state index contributed by atoms with van der Waals surface area (Å²) in [6, 6.07) is 12.0. The van der Waals surface area contributed by atoms with E-state index in [1.165, 1.54) is 0 Å². The van der Waals surface area contributed by atoms with Crippen molar-refractivity contribution in [2.75, 3.05) is 32.6 Å².